The lowest BCUT2D eigenvalue weighted by molar-refractivity contribution is -0.140. The number of benzene rings is 5. The van der Waals surface area contributed by atoms with Crippen molar-refractivity contribution in [1.29, 1.82) is 0 Å². The second-order valence-electron chi connectivity index (χ2n) is 14.5. The van der Waals surface area contributed by atoms with E-state index in [0.29, 0.717) is 35.3 Å². The third-order valence-corrected chi connectivity index (χ3v) is 10.7. The van der Waals surface area contributed by atoms with Crippen molar-refractivity contribution >= 4 is 35.3 Å². The van der Waals surface area contributed by atoms with Crippen LogP contribution in [-0.2, 0) is 31.8 Å². The Morgan fingerprint density at radius 2 is 1.46 bits per heavy atom. The SMILES string of the molecule is O=C(O)[C@@H](N=C(c1ccccc1)c1ccccc1NC(=O)[C@@H]1CCCN1Cc1ccccc1)[C@H](CC(=O)N1C(=O)OC[C@@H]1c1ccccc1)c1ccc(C(F)(F)F)cc1. The molecule has 2 heterocycles. The second-order valence-corrected chi connectivity index (χ2v) is 14.5. The van der Waals surface area contributed by atoms with Crippen LogP contribution in [0.4, 0.5) is 23.7 Å². The molecule has 0 aromatic heterocycles. The Labute approximate surface area is 339 Å². The van der Waals surface area contributed by atoms with Crippen LogP contribution in [0.3, 0.4) is 0 Å². The molecule has 2 N–H and O–H groups in total. The number of ether oxygens (including phenoxy) is 1. The Bertz CT molecular complexity index is 2310. The topological polar surface area (TPSA) is 129 Å². The molecule has 2 saturated heterocycles. The molecule has 3 amide bonds. The van der Waals surface area contributed by atoms with Gasteiger partial charge in [0, 0.05) is 30.0 Å². The van der Waals surface area contributed by atoms with Crippen LogP contribution in [0, 0.1) is 0 Å². The number of carboxylic acids is 1. The number of alkyl halides is 3. The van der Waals surface area contributed by atoms with E-state index in [4.69, 9.17) is 9.73 Å². The van der Waals surface area contributed by atoms with E-state index in [2.05, 4.69) is 10.2 Å². The van der Waals surface area contributed by atoms with Gasteiger partial charge in [-0.05, 0) is 54.3 Å². The van der Waals surface area contributed by atoms with Gasteiger partial charge >= 0.3 is 18.2 Å². The van der Waals surface area contributed by atoms with Crippen LogP contribution in [-0.4, -0.2) is 69.7 Å². The van der Waals surface area contributed by atoms with E-state index in [1.54, 1.807) is 84.9 Å². The lowest BCUT2D eigenvalue weighted by Gasteiger charge is -2.27. The minimum absolute atomic E-state index is 0.0834. The number of nitrogens with one attached hydrogen (secondary N) is 1. The Hall–Kier alpha value is -6.60. The summed E-state index contributed by atoms with van der Waals surface area (Å²) >= 11 is 0. The van der Waals surface area contributed by atoms with Crippen LogP contribution in [0.1, 0.15) is 64.6 Å². The predicted molar refractivity (Wildman–Crippen MR) is 215 cm³/mol. The highest BCUT2D eigenvalue weighted by atomic mass is 19.4. The summed E-state index contributed by atoms with van der Waals surface area (Å²) in [6.07, 6.45) is -4.76. The normalized spacial score (nSPS) is 18.3. The molecular formula is C46H41F3N4O6. The van der Waals surface area contributed by atoms with Crippen molar-refractivity contribution in [1.82, 2.24) is 9.80 Å². The maximum absolute atomic E-state index is 14.2. The molecule has 4 atom stereocenters. The summed E-state index contributed by atoms with van der Waals surface area (Å²) < 4.78 is 46.4. The largest absolute Gasteiger partial charge is 0.480 e. The van der Waals surface area contributed by atoms with Crippen molar-refractivity contribution in [2.75, 3.05) is 18.5 Å². The Morgan fingerprint density at radius 1 is 0.831 bits per heavy atom. The first kappa shape index (κ1) is 40.6. The van der Waals surface area contributed by atoms with Gasteiger partial charge in [-0.2, -0.15) is 13.2 Å². The van der Waals surface area contributed by atoms with Gasteiger partial charge in [-0.25, -0.2) is 14.5 Å². The number of carbonyl (C=O) groups excluding carboxylic acids is 3. The number of aliphatic carboxylic acids is 1. The Balaban J connectivity index is 1.28. The van der Waals surface area contributed by atoms with E-state index in [-0.39, 0.29) is 23.8 Å². The van der Waals surface area contributed by atoms with Crippen molar-refractivity contribution in [2.24, 2.45) is 4.99 Å². The van der Waals surface area contributed by atoms with Gasteiger partial charge in [-0.15, -0.1) is 0 Å². The standard InChI is InChI=1S/C46H41F3N4O6/c47-46(48,49)34-24-22-31(23-25-34)36(27-40(54)53-39(29-59-45(53)58)32-15-6-2-7-16-32)42(44(56)57)51-41(33-17-8-3-9-18-33)35-19-10-11-20-37(35)50-43(55)38-21-12-26-52(38)28-30-13-4-1-5-14-30/h1-11,13-20,22-25,36,38-39,42H,12,21,26-29H2,(H,50,55)(H,56,57)/t36-,38+,39-,42+/m1/s1. The molecule has 2 fully saturated rings. The van der Waals surface area contributed by atoms with Crippen LogP contribution in [0.5, 0.6) is 0 Å². The van der Waals surface area contributed by atoms with Crippen molar-refractivity contribution in [3.8, 4) is 0 Å². The summed E-state index contributed by atoms with van der Waals surface area (Å²) in [7, 11) is 0. The smallest absolute Gasteiger partial charge is 0.417 e. The molecule has 2 aliphatic heterocycles. The monoisotopic (exact) mass is 802 g/mol. The molecule has 5 aromatic rings. The lowest BCUT2D eigenvalue weighted by atomic mass is 9.86. The maximum atomic E-state index is 14.2. The fraction of sp³-hybridized carbons (Fsp3) is 0.239. The average molecular weight is 803 g/mol. The van der Waals surface area contributed by atoms with Crippen LogP contribution in [0.2, 0.25) is 0 Å². The van der Waals surface area contributed by atoms with Gasteiger partial charge in [0.2, 0.25) is 11.8 Å². The summed E-state index contributed by atoms with van der Waals surface area (Å²) in [5, 5.41) is 14.0. The van der Waals surface area contributed by atoms with E-state index in [9.17, 15) is 37.5 Å². The van der Waals surface area contributed by atoms with Gasteiger partial charge in [0.25, 0.3) is 0 Å². The first-order chi connectivity index (χ1) is 28.5. The molecule has 13 heteroatoms. The third-order valence-electron chi connectivity index (χ3n) is 10.7. The number of para-hydroxylation sites is 1. The number of rotatable bonds is 13. The fourth-order valence-electron chi connectivity index (χ4n) is 7.73. The number of likely N-dealkylation sites (tertiary alicyclic amines) is 1. The van der Waals surface area contributed by atoms with Crippen LogP contribution in [0.25, 0.3) is 0 Å². The van der Waals surface area contributed by atoms with Crippen molar-refractivity contribution in [2.45, 2.75) is 56.0 Å². The van der Waals surface area contributed by atoms with Crippen LogP contribution in [0.15, 0.2) is 145 Å². The molecule has 0 aliphatic carbocycles. The van der Waals surface area contributed by atoms with Gasteiger partial charge < -0.3 is 15.2 Å². The number of hydrogen-bond donors (Lipinski definition) is 2. The molecular weight excluding hydrogens is 762 g/mol. The van der Waals surface area contributed by atoms with E-state index in [1.165, 1.54) is 0 Å². The highest BCUT2D eigenvalue weighted by Gasteiger charge is 2.42. The van der Waals surface area contributed by atoms with Crippen molar-refractivity contribution in [3.63, 3.8) is 0 Å². The molecule has 10 nitrogen and oxygen atoms in total. The highest BCUT2D eigenvalue weighted by molar-refractivity contribution is 6.18. The van der Waals surface area contributed by atoms with Gasteiger partial charge in [-0.3, -0.25) is 19.5 Å². The molecule has 7 rings (SSSR count). The first-order valence-electron chi connectivity index (χ1n) is 19.2. The minimum Gasteiger partial charge on any atom is -0.480 e. The predicted octanol–water partition coefficient (Wildman–Crippen LogP) is 8.49. The number of hydrogen-bond acceptors (Lipinski definition) is 7. The molecule has 0 unspecified atom stereocenters. The number of carbonyl (C=O) groups is 4. The van der Waals surface area contributed by atoms with Crippen molar-refractivity contribution in [3.05, 3.63) is 173 Å². The Kier molecular flexibility index (Phi) is 12.3. The highest BCUT2D eigenvalue weighted by Crippen LogP contribution is 2.36. The number of anilines is 1. The number of nitrogens with zero attached hydrogens (tertiary/aromatic N) is 3. The fourth-order valence-corrected chi connectivity index (χ4v) is 7.73. The summed E-state index contributed by atoms with van der Waals surface area (Å²) in [6, 6.07) is 34.9. The molecule has 0 saturated carbocycles. The molecule has 0 bridgehead atoms. The summed E-state index contributed by atoms with van der Waals surface area (Å²) in [4.78, 5) is 62.5. The maximum Gasteiger partial charge on any atom is 0.417 e. The summed E-state index contributed by atoms with van der Waals surface area (Å²) in [5.74, 6) is -3.87. The van der Waals surface area contributed by atoms with Crippen molar-refractivity contribution < 1.29 is 42.2 Å². The molecule has 0 spiro atoms. The number of aliphatic imine (C=N–C) groups is 1. The molecule has 2 aliphatic rings. The zero-order chi connectivity index (χ0) is 41.5. The van der Waals surface area contributed by atoms with Crippen LogP contribution < -0.4 is 5.32 Å². The number of amides is 3. The van der Waals surface area contributed by atoms with Gasteiger partial charge in [-0.1, -0.05) is 121 Å². The first-order valence-corrected chi connectivity index (χ1v) is 19.2. The number of imide groups is 1. The molecule has 5 aromatic carbocycles. The van der Waals surface area contributed by atoms with E-state index in [1.807, 2.05) is 30.3 Å². The van der Waals surface area contributed by atoms with E-state index < -0.39 is 60.2 Å². The minimum atomic E-state index is -4.68. The lowest BCUT2D eigenvalue weighted by Crippen LogP contribution is -2.39. The molecule has 0 radical (unpaired) electrons. The zero-order valence-corrected chi connectivity index (χ0v) is 31.8. The van der Waals surface area contributed by atoms with Gasteiger partial charge in [0.15, 0.2) is 6.04 Å². The number of carboxylic acid groups (broad SMARTS) is 1. The van der Waals surface area contributed by atoms with E-state index >= 15 is 0 Å². The number of cyclic esters (lactones) is 1. The summed E-state index contributed by atoms with van der Waals surface area (Å²) in [5.41, 5.74) is 2.19. The van der Waals surface area contributed by atoms with E-state index in [0.717, 1.165) is 47.7 Å². The van der Waals surface area contributed by atoms with Gasteiger partial charge in [0.1, 0.15) is 12.6 Å². The quantitative estimate of drug-likeness (QED) is 0.114. The zero-order valence-electron chi connectivity index (χ0n) is 31.8. The molecule has 59 heavy (non-hydrogen) atoms. The third kappa shape index (κ3) is 9.42. The van der Waals surface area contributed by atoms with Crippen LogP contribution >= 0.6 is 0 Å². The summed E-state index contributed by atoms with van der Waals surface area (Å²) in [6.45, 7) is 1.19. The number of halogens is 3. The molecule has 302 valence electrons. The average Bonchev–Trinajstić information content (AvgIpc) is 3.88. The second kappa shape index (κ2) is 17.9. The van der Waals surface area contributed by atoms with Gasteiger partial charge in [0.05, 0.1) is 23.0 Å². The Morgan fingerprint density at radius 3 is 2.12 bits per heavy atom.